The van der Waals surface area contributed by atoms with Gasteiger partial charge in [-0.15, -0.1) is 0 Å². The summed E-state index contributed by atoms with van der Waals surface area (Å²) in [6.45, 7) is 2.79. The molecule has 0 saturated carbocycles. The van der Waals surface area contributed by atoms with Crippen LogP contribution in [0, 0.1) is 0 Å². The van der Waals surface area contributed by atoms with E-state index in [-0.39, 0.29) is 18.7 Å². The fraction of sp³-hybridized carbons (Fsp3) is 0.462. The van der Waals surface area contributed by atoms with Gasteiger partial charge in [-0.2, -0.15) is 0 Å². The van der Waals surface area contributed by atoms with Crippen molar-refractivity contribution in [2.45, 2.75) is 19.4 Å². The van der Waals surface area contributed by atoms with Gasteiger partial charge < -0.3 is 20.1 Å². The summed E-state index contributed by atoms with van der Waals surface area (Å²) in [5.41, 5.74) is 6.28. The number of amides is 1. The third-order valence-corrected chi connectivity index (χ3v) is 2.89. The fourth-order valence-electron chi connectivity index (χ4n) is 1.75. The number of carbonyl (C=O) groups excluding carboxylic acids is 1. The van der Waals surface area contributed by atoms with E-state index >= 15 is 0 Å². The van der Waals surface area contributed by atoms with Gasteiger partial charge in [0.2, 0.25) is 6.79 Å². The molecule has 0 aromatic heterocycles. The first-order chi connectivity index (χ1) is 8.58. The molecule has 18 heavy (non-hydrogen) atoms. The van der Waals surface area contributed by atoms with Gasteiger partial charge in [0.05, 0.1) is 0 Å². The average Bonchev–Trinajstić information content (AvgIpc) is 2.81. The zero-order chi connectivity index (χ0) is 13.1. The lowest BCUT2D eigenvalue weighted by Crippen LogP contribution is -2.31. The third kappa shape index (κ3) is 2.73. The van der Waals surface area contributed by atoms with Crippen molar-refractivity contribution in [2.24, 2.45) is 5.73 Å². The number of ether oxygens (including phenoxy) is 2. The summed E-state index contributed by atoms with van der Waals surface area (Å²) in [7, 11) is 1.77. The van der Waals surface area contributed by atoms with Crippen LogP contribution in [0.3, 0.4) is 0 Å². The summed E-state index contributed by atoms with van der Waals surface area (Å²) < 4.78 is 10.5. The maximum atomic E-state index is 12.1. The number of hydrogen-bond donors (Lipinski definition) is 1. The molecule has 98 valence electrons. The van der Waals surface area contributed by atoms with Crippen molar-refractivity contribution in [3.05, 3.63) is 23.8 Å². The molecule has 5 heteroatoms. The monoisotopic (exact) mass is 250 g/mol. The maximum absolute atomic E-state index is 12.1. The Morgan fingerprint density at radius 1 is 1.44 bits per heavy atom. The molecule has 0 radical (unpaired) electrons. The highest BCUT2D eigenvalue weighted by atomic mass is 16.7. The van der Waals surface area contributed by atoms with Gasteiger partial charge in [0.15, 0.2) is 11.5 Å². The number of nitrogens with two attached hydrogens (primary N) is 1. The first-order valence-corrected chi connectivity index (χ1v) is 5.98. The molecule has 1 heterocycles. The van der Waals surface area contributed by atoms with Crippen molar-refractivity contribution in [1.82, 2.24) is 4.90 Å². The second-order valence-electron chi connectivity index (χ2n) is 4.56. The Balaban J connectivity index is 2.04. The molecule has 1 amide bonds. The minimum absolute atomic E-state index is 0.0334. The molecule has 1 atom stereocenters. The molecule has 1 aliphatic heterocycles. The van der Waals surface area contributed by atoms with Crippen molar-refractivity contribution in [2.75, 3.05) is 20.4 Å². The van der Waals surface area contributed by atoms with Gasteiger partial charge in [-0.3, -0.25) is 4.79 Å². The summed E-state index contributed by atoms with van der Waals surface area (Å²) in [5, 5.41) is 0. The van der Waals surface area contributed by atoms with Crippen LogP contribution in [-0.2, 0) is 0 Å². The van der Waals surface area contributed by atoms with Crippen LogP contribution in [0.4, 0.5) is 0 Å². The van der Waals surface area contributed by atoms with E-state index in [0.717, 1.165) is 6.42 Å². The predicted octanol–water partition coefficient (Wildman–Crippen LogP) is 1.22. The van der Waals surface area contributed by atoms with E-state index in [4.69, 9.17) is 15.2 Å². The van der Waals surface area contributed by atoms with Gasteiger partial charge >= 0.3 is 0 Å². The molecule has 0 aliphatic carbocycles. The van der Waals surface area contributed by atoms with E-state index < -0.39 is 0 Å². The topological polar surface area (TPSA) is 64.8 Å². The Morgan fingerprint density at radius 3 is 2.89 bits per heavy atom. The van der Waals surface area contributed by atoms with Crippen molar-refractivity contribution >= 4 is 5.91 Å². The number of fused-ring (bicyclic) bond motifs is 1. The van der Waals surface area contributed by atoms with Crippen LogP contribution in [0.1, 0.15) is 23.7 Å². The summed E-state index contributed by atoms with van der Waals surface area (Å²) >= 11 is 0. The normalized spacial score (nSPS) is 14.4. The van der Waals surface area contributed by atoms with Crippen LogP contribution in [0.25, 0.3) is 0 Å². The van der Waals surface area contributed by atoms with Crippen molar-refractivity contribution in [1.29, 1.82) is 0 Å². The lowest BCUT2D eigenvalue weighted by Gasteiger charge is -2.18. The standard InChI is InChI=1S/C13H18N2O3/c1-9(14)5-6-15(2)13(16)10-3-4-11-12(7-10)18-8-17-11/h3-4,7,9H,5-6,8,14H2,1-2H3. The average molecular weight is 250 g/mol. The fourth-order valence-corrected chi connectivity index (χ4v) is 1.75. The molecule has 2 rings (SSSR count). The highest BCUT2D eigenvalue weighted by molar-refractivity contribution is 5.94. The molecule has 1 aromatic rings. The van der Waals surface area contributed by atoms with Crippen molar-refractivity contribution < 1.29 is 14.3 Å². The molecule has 1 unspecified atom stereocenters. The number of benzene rings is 1. The van der Waals surface area contributed by atoms with Gasteiger partial charge in [0, 0.05) is 25.2 Å². The van der Waals surface area contributed by atoms with Gasteiger partial charge in [0.25, 0.3) is 5.91 Å². The summed E-state index contributed by atoms with van der Waals surface area (Å²) in [4.78, 5) is 13.8. The van der Waals surface area contributed by atoms with Crippen LogP contribution in [0.5, 0.6) is 11.5 Å². The quantitative estimate of drug-likeness (QED) is 0.872. The molecular formula is C13H18N2O3. The van der Waals surface area contributed by atoms with E-state index in [0.29, 0.717) is 23.6 Å². The molecule has 0 bridgehead atoms. The molecule has 2 N–H and O–H groups in total. The van der Waals surface area contributed by atoms with E-state index in [1.165, 1.54) is 0 Å². The molecule has 1 aromatic carbocycles. The summed E-state index contributed by atoms with van der Waals surface area (Å²) in [6.07, 6.45) is 0.785. The Labute approximate surface area is 106 Å². The molecule has 5 nitrogen and oxygen atoms in total. The SMILES string of the molecule is CC(N)CCN(C)C(=O)c1ccc2c(c1)OCO2. The van der Waals surface area contributed by atoms with Gasteiger partial charge in [0.1, 0.15) is 0 Å². The highest BCUT2D eigenvalue weighted by Crippen LogP contribution is 2.32. The number of nitrogens with zero attached hydrogens (tertiary/aromatic N) is 1. The summed E-state index contributed by atoms with van der Waals surface area (Å²) in [6, 6.07) is 5.32. The minimum atomic E-state index is -0.0334. The minimum Gasteiger partial charge on any atom is -0.454 e. The molecule has 0 saturated heterocycles. The highest BCUT2D eigenvalue weighted by Gasteiger charge is 2.18. The van der Waals surface area contributed by atoms with Gasteiger partial charge in [-0.05, 0) is 31.5 Å². The number of rotatable bonds is 4. The van der Waals surface area contributed by atoms with Crippen LogP contribution >= 0.6 is 0 Å². The summed E-state index contributed by atoms with van der Waals surface area (Å²) in [5.74, 6) is 1.28. The number of hydrogen-bond acceptors (Lipinski definition) is 4. The predicted molar refractivity (Wildman–Crippen MR) is 67.8 cm³/mol. The molecule has 1 aliphatic rings. The molecular weight excluding hydrogens is 232 g/mol. The Bertz CT molecular complexity index is 446. The number of carbonyl (C=O) groups is 1. The molecule has 0 fully saturated rings. The Kier molecular flexibility index (Phi) is 3.72. The van der Waals surface area contributed by atoms with Crippen molar-refractivity contribution in [3.63, 3.8) is 0 Å². The first-order valence-electron chi connectivity index (χ1n) is 5.98. The third-order valence-electron chi connectivity index (χ3n) is 2.89. The maximum Gasteiger partial charge on any atom is 0.253 e. The van der Waals surface area contributed by atoms with Crippen LogP contribution in [0.2, 0.25) is 0 Å². The lowest BCUT2D eigenvalue weighted by atomic mass is 10.1. The van der Waals surface area contributed by atoms with E-state index in [2.05, 4.69) is 0 Å². The van der Waals surface area contributed by atoms with Gasteiger partial charge in [-0.25, -0.2) is 0 Å². The van der Waals surface area contributed by atoms with Gasteiger partial charge in [-0.1, -0.05) is 0 Å². The zero-order valence-corrected chi connectivity index (χ0v) is 10.7. The first kappa shape index (κ1) is 12.7. The zero-order valence-electron chi connectivity index (χ0n) is 10.7. The lowest BCUT2D eigenvalue weighted by molar-refractivity contribution is 0.0791. The smallest absolute Gasteiger partial charge is 0.253 e. The second kappa shape index (κ2) is 5.27. The van der Waals surface area contributed by atoms with Crippen LogP contribution < -0.4 is 15.2 Å². The Hall–Kier alpha value is -1.75. The largest absolute Gasteiger partial charge is 0.454 e. The van der Waals surface area contributed by atoms with E-state index in [1.807, 2.05) is 6.92 Å². The van der Waals surface area contributed by atoms with Crippen molar-refractivity contribution in [3.8, 4) is 11.5 Å². The Morgan fingerprint density at radius 2 is 2.17 bits per heavy atom. The van der Waals surface area contributed by atoms with Crippen LogP contribution in [-0.4, -0.2) is 37.2 Å². The van der Waals surface area contributed by atoms with E-state index in [9.17, 15) is 4.79 Å². The molecule has 0 spiro atoms. The van der Waals surface area contributed by atoms with Crippen LogP contribution in [0.15, 0.2) is 18.2 Å². The van der Waals surface area contributed by atoms with E-state index in [1.54, 1.807) is 30.1 Å². The second-order valence-corrected chi connectivity index (χ2v) is 4.56.